The van der Waals surface area contributed by atoms with E-state index < -0.39 is 0 Å². The minimum Gasteiger partial charge on any atom is -0.316 e. The van der Waals surface area contributed by atoms with Crippen molar-refractivity contribution in [1.29, 1.82) is 0 Å². The fourth-order valence-corrected chi connectivity index (χ4v) is 2.46. The molecule has 2 fully saturated rings. The molecule has 0 bridgehead atoms. The highest BCUT2D eigenvalue weighted by Gasteiger charge is 2.27. The van der Waals surface area contributed by atoms with Crippen molar-refractivity contribution in [2.75, 3.05) is 13.1 Å². The molecule has 0 radical (unpaired) electrons. The first-order valence-electron chi connectivity index (χ1n) is 6.39. The van der Waals surface area contributed by atoms with Crippen LogP contribution in [0.1, 0.15) is 54.7 Å². The van der Waals surface area contributed by atoms with Crippen molar-refractivity contribution in [3.05, 3.63) is 23.3 Å². The zero-order chi connectivity index (χ0) is 11.0. The molecule has 2 aliphatic rings. The summed E-state index contributed by atoms with van der Waals surface area (Å²) in [6.07, 6.45) is 5.12. The molecule has 3 heteroatoms. The summed E-state index contributed by atoms with van der Waals surface area (Å²) in [6, 6.07) is 2.16. The van der Waals surface area contributed by atoms with E-state index in [1.54, 1.807) is 0 Å². The molecular weight excluding hydrogens is 198 g/mol. The molecule has 0 spiro atoms. The lowest BCUT2D eigenvalue weighted by atomic mass is 9.98. The smallest absolute Gasteiger partial charge is 0.133 e. The Balaban J connectivity index is 1.86. The van der Waals surface area contributed by atoms with Crippen LogP contribution < -0.4 is 5.32 Å². The van der Waals surface area contributed by atoms with Crippen molar-refractivity contribution in [3.63, 3.8) is 0 Å². The van der Waals surface area contributed by atoms with Crippen molar-refractivity contribution in [2.24, 2.45) is 0 Å². The van der Waals surface area contributed by atoms with Gasteiger partial charge in [-0.05, 0) is 45.2 Å². The molecule has 1 N–H and O–H groups in total. The predicted octanol–water partition coefficient (Wildman–Crippen LogP) is 2.13. The maximum Gasteiger partial charge on any atom is 0.133 e. The zero-order valence-electron chi connectivity index (χ0n) is 9.87. The van der Waals surface area contributed by atoms with Crippen molar-refractivity contribution < 1.29 is 0 Å². The molecule has 1 aliphatic carbocycles. The Morgan fingerprint density at radius 3 is 2.75 bits per heavy atom. The average Bonchev–Trinajstić information content (AvgIpc) is 3.13. The summed E-state index contributed by atoms with van der Waals surface area (Å²) in [5.74, 6) is 2.34. The van der Waals surface area contributed by atoms with Gasteiger partial charge in [0, 0.05) is 29.8 Å². The molecule has 1 aliphatic heterocycles. The first-order chi connectivity index (χ1) is 7.83. The van der Waals surface area contributed by atoms with E-state index in [0.717, 1.165) is 30.5 Å². The zero-order valence-corrected chi connectivity index (χ0v) is 9.87. The number of piperidine rings is 1. The molecule has 1 saturated heterocycles. The number of aryl methyl sites for hydroxylation is 1. The third-order valence-electron chi connectivity index (χ3n) is 3.55. The molecule has 16 heavy (non-hydrogen) atoms. The molecular formula is C13H19N3. The number of rotatable bonds is 2. The van der Waals surface area contributed by atoms with Crippen LogP contribution in [0.15, 0.2) is 6.07 Å². The van der Waals surface area contributed by atoms with Crippen LogP contribution in [0.4, 0.5) is 0 Å². The maximum absolute atomic E-state index is 4.77. The lowest BCUT2D eigenvalue weighted by Gasteiger charge is -2.22. The van der Waals surface area contributed by atoms with Gasteiger partial charge in [-0.2, -0.15) is 0 Å². The highest BCUT2D eigenvalue weighted by atomic mass is 14.9. The SMILES string of the molecule is Cc1cc(C2CC2)nc(C2CCCNC2)n1. The van der Waals surface area contributed by atoms with Gasteiger partial charge in [-0.1, -0.05) is 0 Å². The first kappa shape index (κ1) is 10.2. The van der Waals surface area contributed by atoms with E-state index in [0.29, 0.717) is 5.92 Å². The van der Waals surface area contributed by atoms with Gasteiger partial charge >= 0.3 is 0 Å². The Hall–Kier alpha value is -0.960. The highest BCUT2D eigenvalue weighted by Crippen LogP contribution is 2.39. The Kier molecular flexibility index (Phi) is 2.64. The summed E-state index contributed by atoms with van der Waals surface area (Å²) in [5.41, 5.74) is 2.42. The number of nitrogens with one attached hydrogen (secondary N) is 1. The van der Waals surface area contributed by atoms with E-state index >= 15 is 0 Å². The predicted molar refractivity (Wildman–Crippen MR) is 63.6 cm³/mol. The van der Waals surface area contributed by atoms with E-state index in [1.165, 1.54) is 31.4 Å². The lowest BCUT2D eigenvalue weighted by Crippen LogP contribution is -2.29. The quantitative estimate of drug-likeness (QED) is 0.824. The molecule has 1 aromatic heterocycles. The summed E-state index contributed by atoms with van der Waals surface area (Å²) in [4.78, 5) is 9.38. The lowest BCUT2D eigenvalue weighted by molar-refractivity contribution is 0.445. The molecule has 0 amide bonds. The number of aromatic nitrogens is 2. The van der Waals surface area contributed by atoms with E-state index in [9.17, 15) is 0 Å². The molecule has 3 nitrogen and oxygen atoms in total. The van der Waals surface area contributed by atoms with Gasteiger partial charge in [-0.25, -0.2) is 9.97 Å². The van der Waals surface area contributed by atoms with Crippen LogP contribution in [0.3, 0.4) is 0 Å². The fraction of sp³-hybridized carbons (Fsp3) is 0.692. The summed E-state index contributed by atoms with van der Waals surface area (Å²) < 4.78 is 0. The van der Waals surface area contributed by atoms with E-state index in [4.69, 9.17) is 4.98 Å². The van der Waals surface area contributed by atoms with Crippen LogP contribution >= 0.6 is 0 Å². The molecule has 3 rings (SSSR count). The maximum atomic E-state index is 4.77. The average molecular weight is 217 g/mol. The largest absolute Gasteiger partial charge is 0.316 e. The third kappa shape index (κ3) is 2.09. The molecule has 1 unspecified atom stereocenters. The molecule has 2 heterocycles. The standard InChI is InChI=1S/C13H19N3/c1-9-7-12(10-4-5-10)16-13(15-9)11-3-2-6-14-8-11/h7,10-11,14H,2-6,8H2,1H3. The van der Waals surface area contributed by atoms with Crippen molar-refractivity contribution in [1.82, 2.24) is 15.3 Å². The number of hydrogen-bond acceptors (Lipinski definition) is 3. The molecule has 1 aromatic rings. The van der Waals surface area contributed by atoms with Gasteiger partial charge in [0.1, 0.15) is 5.82 Å². The minimum absolute atomic E-state index is 0.533. The van der Waals surface area contributed by atoms with Crippen molar-refractivity contribution >= 4 is 0 Å². The summed E-state index contributed by atoms with van der Waals surface area (Å²) in [6.45, 7) is 4.29. The van der Waals surface area contributed by atoms with Gasteiger partial charge in [-0.3, -0.25) is 0 Å². The van der Waals surface area contributed by atoms with Gasteiger partial charge < -0.3 is 5.32 Å². The van der Waals surface area contributed by atoms with Gasteiger partial charge in [-0.15, -0.1) is 0 Å². The summed E-state index contributed by atoms with van der Waals surface area (Å²) >= 11 is 0. The van der Waals surface area contributed by atoms with Crippen LogP contribution in [-0.4, -0.2) is 23.1 Å². The van der Waals surface area contributed by atoms with Gasteiger partial charge in [0.25, 0.3) is 0 Å². The number of hydrogen-bond donors (Lipinski definition) is 1. The Morgan fingerprint density at radius 2 is 2.06 bits per heavy atom. The van der Waals surface area contributed by atoms with Gasteiger partial charge in [0.2, 0.25) is 0 Å². The van der Waals surface area contributed by atoms with Crippen molar-refractivity contribution in [3.8, 4) is 0 Å². The third-order valence-corrected chi connectivity index (χ3v) is 3.55. The van der Waals surface area contributed by atoms with E-state index in [1.807, 2.05) is 0 Å². The monoisotopic (exact) mass is 217 g/mol. The van der Waals surface area contributed by atoms with Crippen LogP contribution in [0.2, 0.25) is 0 Å². The fourth-order valence-electron chi connectivity index (χ4n) is 2.46. The van der Waals surface area contributed by atoms with Crippen LogP contribution in [0.25, 0.3) is 0 Å². The van der Waals surface area contributed by atoms with Crippen LogP contribution in [0, 0.1) is 6.92 Å². The normalized spacial score (nSPS) is 25.7. The summed E-state index contributed by atoms with van der Waals surface area (Å²) in [7, 11) is 0. The van der Waals surface area contributed by atoms with Crippen LogP contribution in [0.5, 0.6) is 0 Å². The first-order valence-corrected chi connectivity index (χ1v) is 6.39. The topological polar surface area (TPSA) is 37.8 Å². The molecule has 0 aromatic carbocycles. The number of nitrogens with zero attached hydrogens (tertiary/aromatic N) is 2. The minimum atomic E-state index is 0.533. The Labute approximate surface area is 96.7 Å². The van der Waals surface area contributed by atoms with Gasteiger partial charge in [0.15, 0.2) is 0 Å². The Morgan fingerprint density at radius 1 is 1.19 bits per heavy atom. The second-order valence-electron chi connectivity index (χ2n) is 5.11. The Bertz CT molecular complexity index is 379. The molecule has 1 atom stereocenters. The van der Waals surface area contributed by atoms with E-state index in [-0.39, 0.29) is 0 Å². The van der Waals surface area contributed by atoms with E-state index in [2.05, 4.69) is 23.3 Å². The molecule has 1 saturated carbocycles. The second kappa shape index (κ2) is 4.13. The molecule has 86 valence electrons. The second-order valence-corrected chi connectivity index (χ2v) is 5.11. The van der Waals surface area contributed by atoms with Crippen LogP contribution in [-0.2, 0) is 0 Å². The summed E-state index contributed by atoms with van der Waals surface area (Å²) in [5, 5.41) is 3.44. The van der Waals surface area contributed by atoms with Gasteiger partial charge in [0.05, 0.1) is 0 Å². The highest BCUT2D eigenvalue weighted by molar-refractivity contribution is 5.20. The van der Waals surface area contributed by atoms with Crippen molar-refractivity contribution in [2.45, 2.75) is 44.4 Å².